The molecule has 0 aromatic rings. The Morgan fingerprint density at radius 2 is 1.95 bits per heavy atom. The Morgan fingerprint density at radius 1 is 1.40 bits per heavy atom. The second-order valence-corrected chi connectivity index (χ2v) is 6.37. The van der Waals surface area contributed by atoms with Gasteiger partial charge in [0.1, 0.15) is 12.4 Å². The lowest BCUT2D eigenvalue weighted by Crippen LogP contribution is -2.44. The molecule has 0 saturated heterocycles. The van der Waals surface area contributed by atoms with Crippen LogP contribution in [-0.2, 0) is 9.53 Å². The molecule has 0 radical (unpaired) electrons. The number of hydrogen-bond acceptors (Lipinski definition) is 4. The Kier molecular flexibility index (Phi) is 8.46. The minimum atomic E-state index is -0.544. The van der Waals surface area contributed by atoms with Crippen molar-refractivity contribution in [2.45, 2.75) is 77.5 Å². The standard InChI is InChI=1S/C14H27NO3.CH2O/c1-10(16)12(9-8-11-6-5-7-11)15-13(17)18-14(2,3)4;1-2/h10-12,16H,5-9H2,1-4H3,(H,15,17);1H2. The molecule has 2 unspecified atom stereocenters. The van der Waals surface area contributed by atoms with Crippen LogP contribution in [0, 0.1) is 5.92 Å². The van der Waals surface area contributed by atoms with Gasteiger partial charge < -0.3 is 20.0 Å². The first-order valence-electron chi connectivity index (χ1n) is 7.24. The maximum Gasteiger partial charge on any atom is 0.407 e. The van der Waals surface area contributed by atoms with Crippen LogP contribution in [0.1, 0.15) is 59.8 Å². The van der Waals surface area contributed by atoms with Gasteiger partial charge in [0.25, 0.3) is 0 Å². The fraction of sp³-hybridized carbons (Fsp3) is 0.867. The van der Waals surface area contributed by atoms with Crippen molar-refractivity contribution in [1.29, 1.82) is 0 Å². The molecule has 1 aliphatic rings. The highest BCUT2D eigenvalue weighted by atomic mass is 16.6. The van der Waals surface area contributed by atoms with Gasteiger partial charge in [-0.25, -0.2) is 4.79 Å². The summed E-state index contributed by atoms with van der Waals surface area (Å²) in [4.78, 5) is 19.7. The molecule has 0 bridgehead atoms. The van der Waals surface area contributed by atoms with Crippen LogP contribution in [0.25, 0.3) is 0 Å². The molecule has 0 aromatic carbocycles. The summed E-state index contributed by atoms with van der Waals surface area (Å²) >= 11 is 0. The van der Waals surface area contributed by atoms with Crippen molar-refractivity contribution in [2.75, 3.05) is 0 Å². The van der Waals surface area contributed by atoms with Crippen LogP contribution in [-0.4, -0.2) is 35.7 Å². The van der Waals surface area contributed by atoms with Gasteiger partial charge in [0, 0.05) is 0 Å². The summed E-state index contributed by atoms with van der Waals surface area (Å²) in [5.41, 5.74) is -0.499. The lowest BCUT2D eigenvalue weighted by Gasteiger charge is -2.29. The molecule has 2 N–H and O–H groups in total. The second kappa shape index (κ2) is 8.95. The maximum atomic E-state index is 11.7. The van der Waals surface area contributed by atoms with E-state index in [0.29, 0.717) is 0 Å². The molecule has 2 atom stereocenters. The highest BCUT2D eigenvalue weighted by Crippen LogP contribution is 2.31. The minimum Gasteiger partial charge on any atom is -0.444 e. The number of aliphatic hydroxyl groups excluding tert-OH is 1. The van der Waals surface area contributed by atoms with Crippen LogP contribution in [0.4, 0.5) is 4.79 Å². The van der Waals surface area contributed by atoms with Crippen LogP contribution in [0.3, 0.4) is 0 Å². The van der Waals surface area contributed by atoms with E-state index in [1.54, 1.807) is 6.92 Å². The fourth-order valence-corrected chi connectivity index (χ4v) is 2.09. The molecular weight excluding hydrogens is 258 g/mol. The molecule has 1 saturated carbocycles. The zero-order chi connectivity index (χ0) is 15.8. The van der Waals surface area contributed by atoms with Gasteiger partial charge >= 0.3 is 6.09 Å². The molecule has 5 heteroatoms. The van der Waals surface area contributed by atoms with Crippen LogP contribution >= 0.6 is 0 Å². The normalized spacial score (nSPS) is 18.1. The first kappa shape index (κ1) is 18.9. The minimum absolute atomic E-state index is 0.208. The molecule has 1 rings (SSSR count). The van der Waals surface area contributed by atoms with E-state index >= 15 is 0 Å². The largest absolute Gasteiger partial charge is 0.444 e. The van der Waals surface area contributed by atoms with Crippen molar-refractivity contribution in [3.63, 3.8) is 0 Å². The topological polar surface area (TPSA) is 75.6 Å². The maximum absolute atomic E-state index is 11.7. The van der Waals surface area contributed by atoms with E-state index in [2.05, 4.69) is 5.32 Å². The monoisotopic (exact) mass is 287 g/mol. The number of carbonyl (C=O) groups excluding carboxylic acids is 2. The van der Waals surface area contributed by atoms with E-state index in [4.69, 9.17) is 9.53 Å². The molecule has 5 nitrogen and oxygen atoms in total. The van der Waals surface area contributed by atoms with E-state index in [1.165, 1.54) is 19.3 Å². The molecule has 0 aliphatic heterocycles. The third-order valence-corrected chi connectivity index (χ3v) is 3.40. The first-order valence-corrected chi connectivity index (χ1v) is 7.24. The molecule has 1 amide bonds. The van der Waals surface area contributed by atoms with Gasteiger partial charge in [0.05, 0.1) is 12.1 Å². The molecule has 0 heterocycles. The van der Waals surface area contributed by atoms with E-state index < -0.39 is 17.8 Å². The summed E-state index contributed by atoms with van der Waals surface area (Å²) in [5.74, 6) is 0.784. The van der Waals surface area contributed by atoms with Crippen LogP contribution in [0.15, 0.2) is 0 Å². The number of aliphatic hydroxyl groups is 1. The Morgan fingerprint density at radius 3 is 2.30 bits per heavy atom. The molecule has 0 aromatic heterocycles. The average molecular weight is 287 g/mol. The van der Waals surface area contributed by atoms with Gasteiger partial charge in [-0.1, -0.05) is 19.3 Å². The lowest BCUT2D eigenvalue weighted by molar-refractivity contribution is -0.0980. The Labute approximate surface area is 122 Å². The average Bonchev–Trinajstić information content (AvgIpc) is 2.25. The summed E-state index contributed by atoms with van der Waals surface area (Å²) in [6.07, 6.45) is 4.81. The predicted molar refractivity (Wildman–Crippen MR) is 78.5 cm³/mol. The first-order chi connectivity index (χ1) is 9.28. The van der Waals surface area contributed by atoms with Gasteiger partial charge in [-0.05, 0) is 46.5 Å². The van der Waals surface area contributed by atoms with Crippen molar-refractivity contribution in [3.8, 4) is 0 Å². The third kappa shape index (κ3) is 8.15. The van der Waals surface area contributed by atoms with Gasteiger partial charge in [0.2, 0.25) is 0 Å². The predicted octanol–water partition coefficient (Wildman–Crippen LogP) is 2.66. The summed E-state index contributed by atoms with van der Waals surface area (Å²) in [5, 5.41) is 12.5. The summed E-state index contributed by atoms with van der Waals surface area (Å²) in [6, 6.07) is -0.208. The number of amides is 1. The summed E-state index contributed by atoms with van der Waals surface area (Å²) < 4.78 is 5.20. The van der Waals surface area contributed by atoms with Crippen LogP contribution < -0.4 is 5.32 Å². The van der Waals surface area contributed by atoms with Crippen LogP contribution in [0.5, 0.6) is 0 Å². The molecular formula is C15H29NO4. The highest BCUT2D eigenvalue weighted by Gasteiger charge is 2.24. The van der Waals surface area contributed by atoms with Crippen molar-refractivity contribution in [1.82, 2.24) is 5.32 Å². The Balaban J connectivity index is 0.00000172. The van der Waals surface area contributed by atoms with Gasteiger partial charge in [0.15, 0.2) is 0 Å². The Bertz CT molecular complexity index is 282. The molecule has 1 aliphatic carbocycles. The summed E-state index contributed by atoms with van der Waals surface area (Å²) in [7, 11) is 0. The Hall–Kier alpha value is -1.10. The third-order valence-electron chi connectivity index (χ3n) is 3.40. The van der Waals surface area contributed by atoms with E-state index in [1.807, 2.05) is 27.6 Å². The zero-order valence-electron chi connectivity index (χ0n) is 13.1. The zero-order valence-corrected chi connectivity index (χ0v) is 13.1. The van der Waals surface area contributed by atoms with Gasteiger partial charge in [-0.15, -0.1) is 0 Å². The van der Waals surface area contributed by atoms with E-state index in [0.717, 1.165) is 18.8 Å². The van der Waals surface area contributed by atoms with E-state index in [-0.39, 0.29) is 6.04 Å². The number of nitrogens with one attached hydrogen (secondary N) is 1. The molecule has 0 spiro atoms. The second-order valence-electron chi connectivity index (χ2n) is 6.37. The number of alkyl carbamates (subject to hydrolysis) is 1. The molecule has 1 fully saturated rings. The van der Waals surface area contributed by atoms with E-state index in [9.17, 15) is 9.90 Å². The fourth-order valence-electron chi connectivity index (χ4n) is 2.09. The van der Waals surface area contributed by atoms with Crippen molar-refractivity contribution in [2.24, 2.45) is 5.92 Å². The van der Waals surface area contributed by atoms with Crippen molar-refractivity contribution < 1.29 is 19.4 Å². The SMILES string of the molecule is C=O.CC(O)C(CCC1CCC1)NC(=O)OC(C)(C)C. The van der Waals surface area contributed by atoms with Crippen molar-refractivity contribution in [3.05, 3.63) is 0 Å². The highest BCUT2D eigenvalue weighted by molar-refractivity contribution is 5.68. The molecule has 20 heavy (non-hydrogen) atoms. The number of ether oxygens (including phenoxy) is 1. The number of hydrogen-bond donors (Lipinski definition) is 2. The van der Waals surface area contributed by atoms with Crippen molar-refractivity contribution >= 4 is 12.9 Å². The van der Waals surface area contributed by atoms with Gasteiger partial charge in [-0.2, -0.15) is 0 Å². The summed E-state index contributed by atoms with van der Waals surface area (Å²) in [6.45, 7) is 9.21. The lowest BCUT2D eigenvalue weighted by atomic mass is 9.81. The smallest absolute Gasteiger partial charge is 0.407 e. The van der Waals surface area contributed by atoms with Gasteiger partial charge in [-0.3, -0.25) is 0 Å². The number of rotatable bonds is 5. The number of carbonyl (C=O) groups is 2. The molecule has 118 valence electrons. The quantitative estimate of drug-likeness (QED) is 0.815. The van der Waals surface area contributed by atoms with Crippen LogP contribution in [0.2, 0.25) is 0 Å².